The third-order valence-electron chi connectivity index (χ3n) is 1.59. The number of Topliss-reactive ketones (excluding diaryl/α,β-unsaturated/α-hetero) is 1. The Balaban J connectivity index is 3.20. The van der Waals surface area contributed by atoms with Crippen LogP contribution in [0.3, 0.4) is 0 Å². The lowest BCUT2D eigenvalue weighted by molar-refractivity contribution is -0.116. The summed E-state index contributed by atoms with van der Waals surface area (Å²) in [4.78, 5) is 11.0. The zero-order valence-corrected chi connectivity index (χ0v) is 8.06. The minimum absolute atomic E-state index is 0.103. The predicted molar refractivity (Wildman–Crippen MR) is 50.2 cm³/mol. The highest BCUT2D eigenvalue weighted by Crippen LogP contribution is 1.96. The molecule has 0 aliphatic carbocycles. The summed E-state index contributed by atoms with van der Waals surface area (Å²) in [5.74, 6) is 0.103. The van der Waals surface area contributed by atoms with Crippen LogP contribution in [0.2, 0.25) is 0 Å². The first-order valence-corrected chi connectivity index (χ1v) is 4.45. The SMILES string of the molecule is C=C(C)C(=O)CCOCCCC. The minimum Gasteiger partial charge on any atom is -0.381 e. The molecule has 0 saturated heterocycles. The molecule has 0 rings (SSSR count). The summed E-state index contributed by atoms with van der Waals surface area (Å²) >= 11 is 0. The van der Waals surface area contributed by atoms with Gasteiger partial charge in [-0.15, -0.1) is 0 Å². The van der Waals surface area contributed by atoms with Crippen molar-refractivity contribution in [2.45, 2.75) is 33.1 Å². The van der Waals surface area contributed by atoms with E-state index >= 15 is 0 Å². The molecule has 0 heterocycles. The van der Waals surface area contributed by atoms with Gasteiger partial charge in [0.1, 0.15) is 0 Å². The van der Waals surface area contributed by atoms with Gasteiger partial charge < -0.3 is 4.74 Å². The first kappa shape index (κ1) is 11.4. The third-order valence-corrected chi connectivity index (χ3v) is 1.59. The number of hydrogen-bond donors (Lipinski definition) is 0. The Morgan fingerprint density at radius 3 is 2.58 bits per heavy atom. The molecule has 0 amide bonds. The lowest BCUT2D eigenvalue weighted by atomic mass is 10.2. The Morgan fingerprint density at radius 2 is 2.08 bits per heavy atom. The van der Waals surface area contributed by atoms with E-state index in [-0.39, 0.29) is 5.78 Å². The number of allylic oxidation sites excluding steroid dienone is 1. The largest absolute Gasteiger partial charge is 0.381 e. The number of ether oxygens (including phenoxy) is 1. The van der Waals surface area contributed by atoms with E-state index in [0.29, 0.717) is 18.6 Å². The number of ketones is 1. The van der Waals surface area contributed by atoms with E-state index in [4.69, 9.17) is 4.74 Å². The van der Waals surface area contributed by atoms with Gasteiger partial charge in [0.15, 0.2) is 5.78 Å². The average Bonchev–Trinajstić information content (AvgIpc) is 2.03. The molecule has 0 aromatic carbocycles. The second-order valence-electron chi connectivity index (χ2n) is 2.92. The predicted octanol–water partition coefficient (Wildman–Crippen LogP) is 2.34. The summed E-state index contributed by atoms with van der Waals surface area (Å²) in [7, 11) is 0. The fourth-order valence-electron chi connectivity index (χ4n) is 0.727. The molecule has 0 aromatic heterocycles. The Bertz CT molecular complexity index is 150. The van der Waals surface area contributed by atoms with Crippen LogP contribution in [-0.4, -0.2) is 19.0 Å². The highest BCUT2D eigenvalue weighted by Gasteiger charge is 2.00. The fourth-order valence-corrected chi connectivity index (χ4v) is 0.727. The molecule has 0 unspecified atom stereocenters. The number of hydrogen-bond acceptors (Lipinski definition) is 2. The van der Waals surface area contributed by atoms with Crippen LogP contribution in [0.5, 0.6) is 0 Å². The van der Waals surface area contributed by atoms with Crippen LogP contribution in [-0.2, 0) is 9.53 Å². The van der Waals surface area contributed by atoms with Crippen molar-refractivity contribution in [3.05, 3.63) is 12.2 Å². The zero-order valence-electron chi connectivity index (χ0n) is 8.06. The van der Waals surface area contributed by atoms with Crippen LogP contribution in [0.1, 0.15) is 33.1 Å². The van der Waals surface area contributed by atoms with Gasteiger partial charge in [-0.2, -0.15) is 0 Å². The number of unbranched alkanes of at least 4 members (excludes halogenated alkanes) is 1. The van der Waals surface area contributed by atoms with E-state index < -0.39 is 0 Å². The van der Waals surface area contributed by atoms with Crippen LogP contribution in [0.15, 0.2) is 12.2 Å². The molecule has 0 bridgehead atoms. The molecule has 0 aliphatic rings. The highest BCUT2D eigenvalue weighted by atomic mass is 16.5. The van der Waals surface area contributed by atoms with Crippen LogP contribution in [0.25, 0.3) is 0 Å². The van der Waals surface area contributed by atoms with E-state index in [1.54, 1.807) is 6.92 Å². The molecular formula is C10H18O2. The Morgan fingerprint density at radius 1 is 1.42 bits per heavy atom. The number of carbonyl (C=O) groups excluding carboxylic acids is 1. The van der Waals surface area contributed by atoms with Gasteiger partial charge in [0, 0.05) is 13.0 Å². The van der Waals surface area contributed by atoms with Crippen LogP contribution in [0, 0.1) is 0 Å². The number of rotatable bonds is 7. The van der Waals surface area contributed by atoms with Crippen molar-refractivity contribution in [1.29, 1.82) is 0 Å². The molecule has 0 aliphatic heterocycles. The van der Waals surface area contributed by atoms with Crippen molar-refractivity contribution >= 4 is 5.78 Å². The normalized spacial score (nSPS) is 9.83. The van der Waals surface area contributed by atoms with Crippen LogP contribution < -0.4 is 0 Å². The molecule has 2 nitrogen and oxygen atoms in total. The van der Waals surface area contributed by atoms with E-state index in [1.165, 1.54) is 0 Å². The molecule has 0 fully saturated rings. The maximum atomic E-state index is 11.0. The standard InChI is InChI=1S/C10H18O2/c1-4-5-7-12-8-6-10(11)9(2)3/h2,4-8H2,1,3H3. The summed E-state index contributed by atoms with van der Waals surface area (Å²) in [6, 6.07) is 0. The first-order valence-electron chi connectivity index (χ1n) is 4.45. The summed E-state index contributed by atoms with van der Waals surface area (Å²) in [6.07, 6.45) is 2.68. The monoisotopic (exact) mass is 170 g/mol. The Hall–Kier alpha value is -0.630. The maximum Gasteiger partial charge on any atom is 0.160 e. The molecule has 2 heteroatoms. The average molecular weight is 170 g/mol. The molecule has 12 heavy (non-hydrogen) atoms. The van der Waals surface area contributed by atoms with E-state index in [2.05, 4.69) is 13.5 Å². The van der Waals surface area contributed by atoms with Gasteiger partial charge >= 0.3 is 0 Å². The summed E-state index contributed by atoms with van der Waals surface area (Å²) < 4.78 is 5.23. The van der Waals surface area contributed by atoms with Gasteiger partial charge in [-0.3, -0.25) is 4.79 Å². The minimum atomic E-state index is 0.103. The lowest BCUT2D eigenvalue weighted by Gasteiger charge is -2.01. The summed E-state index contributed by atoms with van der Waals surface area (Å²) in [6.45, 7) is 8.71. The van der Waals surface area contributed by atoms with Crippen molar-refractivity contribution in [3.63, 3.8) is 0 Å². The topological polar surface area (TPSA) is 26.3 Å². The zero-order chi connectivity index (χ0) is 9.40. The van der Waals surface area contributed by atoms with Crippen molar-refractivity contribution in [1.82, 2.24) is 0 Å². The highest BCUT2D eigenvalue weighted by molar-refractivity contribution is 5.94. The molecule has 70 valence electrons. The molecule has 0 saturated carbocycles. The molecule has 0 radical (unpaired) electrons. The van der Waals surface area contributed by atoms with E-state index in [0.717, 1.165) is 19.4 Å². The van der Waals surface area contributed by atoms with Crippen molar-refractivity contribution in [3.8, 4) is 0 Å². The first-order chi connectivity index (χ1) is 5.68. The van der Waals surface area contributed by atoms with Crippen molar-refractivity contribution in [2.24, 2.45) is 0 Å². The Labute approximate surface area is 74.6 Å². The van der Waals surface area contributed by atoms with Crippen LogP contribution >= 0.6 is 0 Å². The summed E-state index contributed by atoms with van der Waals surface area (Å²) in [5.41, 5.74) is 0.620. The smallest absolute Gasteiger partial charge is 0.160 e. The van der Waals surface area contributed by atoms with Crippen molar-refractivity contribution < 1.29 is 9.53 Å². The number of carbonyl (C=O) groups is 1. The fraction of sp³-hybridized carbons (Fsp3) is 0.700. The Kier molecular flexibility index (Phi) is 6.67. The molecular weight excluding hydrogens is 152 g/mol. The van der Waals surface area contributed by atoms with Gasteiger partial charge in [0.2, 0.25) is 0 Å². The van der Waals surface area contributed by atoms with Gasteiger partial charge in [-0.05, 0) is 18.9 Å². The molecule has 0 aromatic rings. The van der Waals surface area contributed by atoms with Gasteiger partial charge in [0.05, 0.1) is 6.61 Å². The third kappa shape index (κ3) is 6.10. The second kappa shape index (κ2) is 7.04. The van der Waals surface area contributed by atoms with Gasteiger partial charge in [-0.1, -0.05) is 19.9 Å². The molecule has 0 atom stereocenters. The van der Waals surface area contributed by atoms with E-state index in [1.807, 2.05) is 0 Å². The molecule has 0 spiro atoms. The second-order valence-corrected chi connectivity index (χ2v) is 2.92. The van der Waals surface area contributed by atoms with Gasteiger partial charge in [0.25, 0.3) is 0 Å². The van der Waals surface area contributed by atoms with Gasteiger partial charge in [-0.25, -0.2) is 0 Å². The quantitative estimate of drug-likeness (QED) is 0.433. The summed E-state index contributed by atoms with van der Waals surface area (Å²) in [5, 5.41) is 0. The molecule has 0 N–H and O–H groups in total. The lowest BCUT2D eigenvalue weighted by Crippen LogP contribution is -2.05. The van der Waals surface area contributed by atoms with Crippen molar-refractivity contribution in [2.75, 3.05) is 13.2 Å². The van der Waals surface area contributed by atoms with Crippen LogP contribution in [0.4, 0.5) is 0 Å². The maximum absolute atomic E-state index is 11.0. The van der Waals surface area contributed by atoms with E-state index in [9.17, 15) is 4.79 Å².